The molecule has 2 aromatic heterocycles. The number of rotatable bonds is 5. The number of nitrogens with one attached hydrogen (secondary N) is 1. The summed E-state index contributed by atoms with van der Waals surface area (Å²) < 4.78 is 7.29. The van der Waals surface area contributed by atoms with Gasteiger partial charge in [-0.05, 0) is 35.4 Å². The number of carbonyl (C=O) groups is 1. The molecule has 0 aliphatic heterocycles. The van der Waals surface area contributed by atoms with Gasteiger partial charge in [0.2, 0.25) is 0 Å². The lowest BCUT2D eigenvalue weighted by Crippen LogP contribution is -2.20. The van der Waals surface area contributed by atoms with Crippen LogP contribution < -0.4 is 10.1 Å². The maximum absolute atomic E-state index is 12.1. The van der Waals surface area contributed by atoms with Gasteiger partial charge < -0.3 is 10.1 Å². The molecule has 0 unspecified atom stereocenters. The number of fused-ring (bicyclic) bond motifs is 1. The van der Waals surface area contributed by atoms with Crippen LogP contribution in [0.15, 0.2) is 79.3 Å². The Morgan fingerprint density at radius 2 is 1.73 bits per heavy atom. The van der Waals surface area contributed by atoms with E-state index in [-0.39, 0.29) is 12.5 Å². The number of aromatic nitrogens is 3. The second-order valence-corrected chi connectivity index (χ2v) is 5.74. The summed E-state index contributed by atoms with van der Waals surface area (Å²) in [6.07, 6.45) is 3.33. The third kappa shape index (κ3) is 3.54. The van der Waals surface area contributed by atoms with Crippen molar-refractivity contribution in [3.8, 4) is 16.9 Å². The minimum Gasteiger partial charge on any atom is -0.484 e. The predicted octanol–water partition coefficient (Wildman–Crippen LogP) is 3.41. The number of pyridine rings is 1. The Bertz CT molecular complexity index is 1030. The fraction of sp³-hybridized carbons (Fsp3) is 0.0500. The topological polar surface area (TPSA) is 68.5 Å². The van der Waals surface area contributed by atoms with E-state index >= 15 is 0 Å². The molecule has 26 heavy (non-hydrogen) atoms. The molecule has 2 heterocycles. The van der Waals surface area contributed by atoms with Crippen LogP contribution >= 0.6 is 0 Å². The smallest absolute Gasteiger partial charge is 0.262 e. The van der Waals surface area contributed by atoms with Crippen LogP contribution in [0.25, 0.3) is 16.8 Å². The summed E-state index contributed by atoms with van der Waals surface area (Å²) in [5.41, 5.74) is 3.62. The van der Waals surface area contributed by atoms with Crippen molar-refractivity contribution in [1.29, 1.82) is 0 Å². The summed E-state index contributed by atoms with van der Waals surface area (Å²) in [6, 6.07) is 21.3. The van der Waals surface area contributed by atoms with Crippen molar-refractivity contribution in [3.05, 3.63) is 79.3 Å². The molecule has 1 N–H and O–H groups in total. The molecule has 1 amide bonds. The first-order valence-corrected chi connectivity index (χ1v) is 8.15. The highest BCUT2D eigenvalue weighted by molar-refractivity contribution is 5.91. The predicted molar refractivity (Wildman–Crippen MR) is 99.0 cm³/mol. The third-order valence-electron chi connectivity index (χ3n) is 3.91. The molecule has 0 aliphatic carbocycles. The number of carbonyl (C=O) groups excluding carboxylic acids is 1. The van der Waals surface area contributed by atoms with Gasteiger partial charge in [-0.15, -0.1) is 10.2 Å². The van der Waals surface area contributed by atoms with E-state index in [1.807, 2.05) is 42.5 Å². The largest absolute Gasteiger partial charge is 0.484 e. The summed E-state index contributed by atoms with van der Waals surface area (Å²) in [4.78, 5) is 12.1. The van der Waals surface area contributed by atoms with Gasteiger partial charge in [-0.2, -0.15) is 0 Å². The number of amides is 1. The molecule has 0 radical (unpaired) electrons. The fourth-order valence-corrected chi connectivity index (χ4v) is 2.62. The van der Waals surface area contributed by atoms with Gasteiger partial charge in [0, 0.05) is 6.20 Å². The van der Waals surface area contributed by atoms with Gasteiger partial charge in [-0.25, -0.2) is 0 Å². The standard InChI is InChI=1S/C20H16N4O2/c25-20(22-17-8-11-19-23-21-14-24(19)12-17)13-26-18-9-6-16(7-10-18)15-4-2-1-3-5-15/h1-12,14H,13H2,(H,22,25). The Balaban J connectivity index is 1.35. The molecule has 6 heteroatoms. The zero-order valence-electron chi connectivity index (χ0n) is 13.9. The van der Waals surface area contributed by atoms with Gasteiger partial charge in [0.1, 0.15) is 12.1 Å². The molecular formula is C20H16N4O2. The molecule has 0 aliphatic rings. The van der Waals surface area contributed by atoms with Crippen LogP contribution in [0.1, 0.15) is 0 Å². The fourth-order valence-electron chi connectivity index (χ4n) is 2.62. The molecular weight excluding hydrogens is 328 g/mol. The molecule has 6 nitrogen and oxygen atoms in total. The van der Waals surface area contributed by atoms with E-state index in [4.69, 9.17) is 4.74 Å². The Kier molecular flexibility index (Phi) is 4.30. The zero-order chi connectivity index (χ0) is 17.8. The van der Waals surface area contributed by atoms with E-state index in [0.717, 1.165) is 16.8 Å². The highest BCUT2D eigenvalue weighted by Gasteiger charge is 2.05. The lowest BCUT2D eigenvalue weighted by atomic mass is 10.1. The quantitative estimate of drug-likeness (QED) is 0.602. The molecule has 0 saturated heterocycles. The monoisotopic (exact) mass is 344 g/mol. The minimum absolute atomic E-state index is 0.0646. The number of benzene rings is 2. The van der Waals surface area contributed by atoms with E-state index in [1.165, 1.54) is 0 Å². The van der Waals surface area contributed by atoms with Gasteiger partial charge >= 0.3 is 0 Å². The summed E-state index contributed by atoms with van der Waals surface area (Å²) in [6.45, 7) is -0.0646. The van der Waals surface area contributed by atoms with Gasteiger partial charge in [-0.3, -0.25) is 9.20 Å². The van der Waals surface area contributed by atoms with Crippen molar-refractivity contribution in [1.82, 2.24) is 14.6 Å². The Labute approximate surface area is 150 Å². The second-order valence-electron chi connectivity index (χ2n) is 5.74. The molecule has 0 bridgehead atoms. The van der Waals surface area contributed by atoms with E-state index in [0.29, 0.717) is 11.4 Å². The van der Waals surface area contributed by atoms with Crippen molar-refractivity contribution in [2.24, 2.45) is 0 Å². The summed E-state index contributed by atoms with van der Waals surface area (Å²) in [5, 5.41) is 10.5. The van der Waals surface area contributed by atoms with Crippen molar-refractivity contribution < 1.29 is 9.53 Å². The molecule has 0 saturated carbocycles. The molecule has 4 aromatic rings. The first kappa shape index (κ1) is 15.8. The third-order valence-corrected chi connectivity index (χ3v) is 3.91. The number of hydrogen-bond acceptors (Lipinski definition) is 4. The van der Waals surface area contributed by atoms with Crippen LogP contribution in [-0.4, -0.2) is 27.1 Å². The van der Waals surface area contributed by atoms with E-state index in [1.54, 1.807) is 29.1 Å². The number of nitrogens with zero attached hydrogens (tertiary/aromatic N) is 3. The highest BCUT2D eigenvalue weighted by atomic mass is 16.5. The van der Waals surface area contributed by atoms with Gasteiger partial charge in [0.15, 0.2) is 12.3 Å². The average Bonchev–Trinajstić information content (AvgIpc) is 3.15. The molecule has 0 spiro atoms. The number of anilines is 1. The summed E-state index contributed by atoms with van der Waals surface area (Å²) in [7, 11) is 0. The highest BCUT2D eigenvalue weighted by Crippen LogP contribution is 2.22. The molecule has 2 aromatic carbocycles. The maximum Gasteiger partial charge on any atom is 0.262 e. The lowest BCUT2D eigenvalue weighted by molar-refractivity contribution is -0.118. The average molecular weight is 344 g/mol. The van der Waals surface area contributed by atoms with Crippen LogP contribution in [0.2, 0.25) is 0 Å². The summed E-state index contributed by atoms with van der Waals surface area (Å²) in [5.74, 6) is 0.415. The minimum atomic E-state index is -0.232. The van der Waals surface area contributed by atoms with E-state index in [2.05, 4.69) is 27.6 Å². The van der Waals surface area contributed by atoms with Crippen LogP contribution in [0, 0.1) is 0 Å². The van der Waals surface area contributed by atoms with Crippen LogP contribution in [0.3, 0.4) is 0 Å². The van der Waals surface area contributed by atoms with E-state index in [9.17, 15) is 4.79 Å². The van der Waals surface area contributed by atoms with Crippen LogP contribution in [0.4, 0.5) is 5.69 Å². The molecule has 0 atom stereocenters. The van der Waals surface area contributed by atoms with Crippen molar-refractivity contribution >= 4 is 17.2 Å². The molecule has 0 fully saturated rings. The number of hydrogen-bond donors (Lipinski definition) is 1. The van der Waals surface area contributed by atoms with Gasteiger partial charge in [-0.1, -0.05) is 42.5 Å². The zero-order valence-corrected chi connectivity index (χ0v) is 13.9. The van der Waals surface area contributed by atoms with Crippen LogP contribution in [-0.2, 0) is 4.79 Å². The summed E-state index contributed by atoms with van der Waals surface area (Å²) >= 11 is 0. The van der Waals surface area contributed by atoms with Crippen molar-refractivity contribution in [2.75, 3.05) is 11.9 Å². The van der Waals surface area contributed by atoms with E-state index < -0.39 is 0 Å². The normalized spacial score (nSPS) is 10.6. The van der Waals surface area contributed by atoms with Gasteiger partial charge in [0.25, 0.3) is 5.91 Å². The lowest BCUT2D eigenvalue weighted by Gasteiger charge is -2.08. The van der Waals surface area contributed by atoms with Crippen molar-refractivity contribution in [2.45, 2.75) is 0 Å². The number of ether oxygens (including phenoxy) is 1. The van der Waals surface area contributed by atoms with Gasteiger partial charge in [0.05, 0.1) is 5.69 Å². The molecule has 128 valence electrons. The Morgan fingerprint density at radius 3 is 2.54 bits per heavy atom. The Morgan fingerprint density at radius 1 is 0.962 bits per heavy atom. The SMILES string of the molecule is O=C(COc1ccc(-c2ccccc2)cc1)Nc1ccc2nncn2c1. The first-order valence-electron chi connectivity index (χ1n) is 8.15. The first-order chi connectivity index (χ1) is 12.8. The molecule has 4 rings (SSSR count). The Hall–Kier alpha value is -3.67. The second kappa shape index (κ2) is 7.06. The van der Waals surface area contributed by atoms with Crippen molar-refractivity contribution in [3.63, 3.8) is 0 Å². The van der Waals surface area contributed by atoms with Crippen LogP contribution in [0.5, 0.6) is 5.75 Å². The maximum atomic E-state index is 12.1.